The standard InChI is InChI=1S/C14H16ClNO2/c1-3-16-12(6-9(2)14(17)18)8-10-7-11(15)4-5-13(10)16/h4-5,7-9H,3,6H2,1-2H3,(H,17,18). The van der Waals surface area contributed by atoms with E-state index in [2.05, 4.69) is 11.5 Å². The lowest BCUT2D eigenvalue weighted by atomic mass is 10.1. The minimum Gasteiger partial charge on any atom is -0.481 e. The van der Waals surface area contributed by atoms with Gasteiger partial charge in [0.05, 0.1) is 5.92 Å². The molecule has 1 N–H and O–H groups in total. The number of hydrogen-bond donors (Lipinski definition) is 1. The summed E-state index contributed by atoms with van der Waals surface area (Å²) < 4.78 is 2.14. The topological polar surface area (TPSA) is 42.2 Å². The Hall–Kier alpha value is -1.48. The average Bonchev–Trinajstić information content (AvgIpc) is 2.64. The van der Waals surface area contributed by atoms with Crippen LogP contribution in [0, 0.1) is 5.92 Å². The molecule has 0 bridgehead atoms. The second-order valence-corrected chi connectivity index (χ2v) is 4.96. The van der Waals surface area contributed by atoms with Crippen molar-refractivity contribution in [2.24, 2.45) is 5.92 Å². The lowest BCUT2D eigenvalue weighted by Gasteiger charge is -2.10. The maximum Gasteiger partial charge on any atom is 0.306 e. The van der Waals surface area contributed by atoms with E-state index in [-0.39, 0.29) is 5.92 Å². The number of aliphatic carboxylic acids is 1. The Kier molecular flexibility index (Phi) is 3.62. The highest BCUT2D eigenvalue weighted by atomic mass is 35.5. The highest BCUT2D eigenvalue weighted by molar-refractivity contribution is 6.31. The van der Waals surface area contributed by atoms with Crippen molar-refractivity contribution < 1.29 is 9.90 Å². The Morgan fingerprint density at radius 1 is 1.44 bits per heavy atom. The summed E-state index contributed by atoms with van der Waals surface area (Å²) in [5.74, 6) is -1.14. The molecule has 0 radical (unpaired) electrons. The number of carbonyl (C=O) groups is 1. The fourth-order valence-electron chi connectivity index (χ4n) is 2.24. The first kappa shape index (κ1) is 13.0. The van der Waals surface area contributed by atoms with E-state index in [1.807, 2.05) is 24.3 Å². The molecule has 0 saturated heterocycles. The van der Waals surface area contributed by atoms with Crippen LogP contribution in [0.1, 0.15) is 19.5 Å². The molecule has 2 aromatic rings. The summed E-state index contributed by atoms with van der Waals surface area (Å²) in [5, 5.41) is 10.8. The highest BCUT2D eigenvalue weighted by Gasteiger charge is 2.15. The number of rotatable bonds is 4. The highest BCUT2D eigenvalue weighted by Crippen LogP contribution is 2.25. The van der Waals surface area contributed by atoms with Gasteiger partial charge in [0.1, 0.15) is 0 Å². The van der Waals surface area contributed by atoms with Gasteiger partial charge in [-0.25, -0.2) is 0 Å². The number of aromatic nitrogens is 1. The van der Waals surface area contributed by atoms with Crippen LogP contribution in [-0.2, 0) is 17.8 Å². The van der Waals surface area contributed by atoms with Gasteiger partial charge in [0.15, 0.2) is 0 Å². The third-order valence-corrected chi connectivity index (χ3v) is 3.44. The van der Waals surface area contributed by atoms with Crippen LogP contribution in [0.2, 0.25) is 5.02 Å². The third-order valence-electron chi connectivity index (χ3n) is 3.20. The van der Waals surface area contributed by atoms with E-state index in [1.54, 1.807) is 6.92 Å². The van der Waals surface area contributed by atoms with Crippen LogP contribution in [-0.4, -0.2) is 15.6 Å². The minimum absolute atomic E-state index is 0.380. The van der Waals surface area contributed by atoms with Crippen molar-refractivity contribution in [1.82, 2.24) is 4.57 Å². The number of hydrogen-bond acceptors (Lipinski definition) is 1. The molecule has 0 spiro atoms. The molecule has 96 valence electrons. The van der Waals surface area contributed by atoms with E-state index in [4.69, 9.17) is 16.7 Å². The zero-order valence-electron chi connectivity index (χ0n) is 10.5. The van der Waals surface area contributed by atoms with Gasteiger partial charge in [-0.15, -0.1) is 0 Å². The summed E-state index contributed by atoms with van der Waals surface area (Å²) in [4.78, 5) is 10.9. The summed E-state index contributed by atoms with van der Waals surface area (Å²) in [7, 11) is 0. The van der Waals surface area contributed by atoms with E-state index in [0.717, 1.165) is 23.1 Å². The minimum atomic E-state index is -0.763. The van der Waals surface area contributed by atoms with Crippen LogP contribution < -0.4 is 0 Å². The Morgan fingerprint density at radius 2 is 2.17 bits per heavy atom. The second kappa shape index (κ2) is 5.02. The van der Waals surface area contributed by atoms with Gasteiger partial charge in [-0.05, 0) is 31.2 Å². The maximum absolute atomic E-state index is 10.9. The molecule has 0 aliphatic heterocycles. The number of fused-ring (bicyclic) bond motifs is 1. The quantitative estimate of drug-likeness (QED) is 0.918. The van der Waals surface area contributed by atoms with Crippen molar-refractivity contribution in [3.8, 4) is 0 Å². The second-order valence-electron chi connectivity index (χ2n) is 4.53. The molecule has 1 aromatic heterocycles. The van der Waals surface area contributed by atoms with Gasteiger partial charge < -0.3 is 9.67 Å². The van der Waals surface area contributed by atoms with Gasteiger partial charge in [-0.3, -0.25) is 4.79 Å². The molecular formula is C14H16ClNO2. The van der Waals surface area contributed by atoms with Crippen LogP contribution in [0.4, 0.5) is 0 Å². The molecule has 18 heavy (non-hydrogen) atoms. The third kappa shape index (κ3) is 2.36. The lowest BCUT2D eigenvalue weighted by molar-refractivity contribution is -0.141. The van der Waals surface area contributed by atoms with Gasteiger partial charge in [0.2, 0.25) is 0 Å². The van der Waals surface area contributed by atoms with Crippen molar-refractivity contribution in [1.29, 1.82) is 0 Å². The predicted octanol–water partition coefficient (Wildman–Crippen LogP) is 3.58. The molecule has 0 aliphatic carbocycles. The number of aryl methyl sites for hydroxylation is 1. The van der Waals surface area contributed by atoms with Crippen molar-refractivity contribution in [2.45, 2.75) is 26.8 Å². The van der Waals surface area contributed by atoms with Crippen molar-refractivity contribution >= 4 is 28.5 Å². The fraction of sp³-hybridized carbons (Fsp3) is 0.357. The largest absolute Gasteiger partial charge is 0.481 e. The summed E-state index contributed by atoms with van der Waals surface area (Å²) >= 11 is 5.98. The Morgan fingerprint density at radius 3 is 2.78 bits per heavy atom. The molecule has 3 nitrogen and oxygen atoms in total. The zero-order valence-corrected chi connectivity index (χ0v) is 11.2. The number of nitrogens with zero attached hydrogens (tertiary/aromatic N) is 1. The molecule has 1 unspecified atom stereocenters. The van der Waals surface area contributed by atoms with E-state index in [1.165, 1.54) is 0 Å². The summed E-state index contributed by atoms with van der Waals surface area (Å²) in [5.41, 5.74) is 2.15. The summed E-state index contributed by atoms with van der Waals surface area (Å²) in [6, 6.07) is 7.79. The zero-order chi connectivity index (χ0) is 13.3. The van der Waals surface area contributed by atoms with E-state index < -0.39 is 5.97 Å². The first-order chi connectivity index (χ1) is 8.52. The van der Waals surface area contributed by atoms with Crippen LogP contribution in [0.15, 0.2) is 24.3 Å². The average molecular weight is 266 g/mol. The summed E-state index contributed by atoms with van der Waals surface area (Å²) in [6.45, 7) is 4.61. The SMILES string of the molecule is CCn1c(CC(C)C(=O)O)cc2cc(Cl)ccc21. The number of halogens is 1. The summed E-state index contributed by atoms with van der Waals surface area (Å²) in [6.07, 6.45) is 0.537. The first-order valence-corrected chi connectivity index (χ1v) is 6.41. The number of benzene rings is 1. The Balaban J connectivity index is 2.47. The number of carboxylic acid groups (broad SMARTS) is 1. The number of carboxylic acids is 1. The molecule has 4 heteroatoms. The molecular weight excluding hydrogens is 250 g/mol. The van der Waals surface area contributed by atoms with Gasteiger partial charge >= 0.3 is 5.97 Å². The van der Waals surface area contributed by atoms with Crippen molar-refractivity contribution in [3.63, 3.8) is 0 Å². The molecule has 1 aromatic carbocycles. The van der Waals surface area contributed by atoms with Gasteiger partial charge in [-0.2, -0.15) is 0 Å². The van der Waals surface area contributed by atoms with Gasteiger partial charge in [0.25, 0.3) is 0 Å². The Labute approximate surface area is 111 Å². The van der Waals surface area contributed by atoms with E-state index in [0.29, 0.717) is 11.4 Å². The van der Waals surface area contributed by atoms with Crippen molar-refractivity contribution in [2.75, 3.05) is 0 Å². The van der Waals surface area contributed by atoms with Gasteiger partial charge in [-0.1, -0.05) is 18.5 Å². The van der Waals surface area contributed by atoms with Gasteiger partial charge in [0, 0.05) is 34.6 Å². The molecule has 1 heterocycles. The van der Waals surface area contributed by atoms with E-state index in [9.17, 15) is 4.79 Å². The normalized spacial score (nSPS) is 12.8. The maximum atomic E-state index is 10.9. The smallest absolute Gasteiger partial charge is 0.306 e. The monoisotopic (exact) mass is 265 g/mol. The Bertz CT molecular complexity index is 589. The molecule has 0 fully saturated rings. The molecule has 0 saturated carbocycles. The van der Waals surface area contributed by atoms with Crippen LogP contribution >= 0.6 is 11.6 Å². The van der Waals surface area contributed by atoms with E-state index >= 15 is 0 Å². The predicted molar refractivity (Wildman–Crippen MR) is 73.1 cm³/mol. The first-order valence-electron chi connectivity index (χ1n) is 6.03. The van der Waals surface area contributed by atoms with Crippen LogP contribution in [0.3, 0.4) is 0 Å². The fourth-order valence-corrected chi connectivity index (χ4v) is 2.42. The van der Waals surface area contributed by atoms with Crippen LogP contribution in [0.25, 0.3) is 10.9 Å². The molecule has 0 aliphatic rings. The molecule has 2 rings (SSSR count). The lowest BCUT2D eigenvalue weighted by Crippen LogP contribution is -2.14. The molecule has 1 atom stereocenters. The van der Waals surface area contributed by atoms with Crippen LogP contribution in [0.5, 0.6) is 0 Å². The molecule has 0 amide bonds. The van der Waals surface area contributed by atoms with Crippen molar-refractivity contribution in [3.05, 3.63) is 35.0 Å².